The Morgan fingerprint density at radius 2 is 2.15 bits per heavy atom. The van der Waals surface area contributed by atoms with Gasteiger partial charge in [0.15, 0.2) is 5.96 Å². The van der Waals surface area contributed by atoms with Crippen LogP contribution in [0.4, 0.5) is 0 Å². The maximum Gasteiger partial charge on any atom is 0.193 e. The fourth-order valence-electron chi connectivity index (χ4n) is 2.91. The molecule has 0 aromatic heterocycles. The summed E-state index contributed by atoms with van der Waals surface area (Å²) in [6.45, 7) is 13.2. The molecule has 1 aliphatic heterocycles. The average molecular weight is 280 g/mol. The van der Waals surface area contributed by atoms with Gasteiger partial charge in [-0.2, -0.15) is 0 Å². The molecule has 2 fully saturated rings. The Morgan fingerprint density at radius 1 is 1.45 bits per heavy atom. The van der Waals surface area contributed by atoms with Gasteiger partial charge in [0.1, 0.15) is 0 Å². The molecule has 1 aliphatic carbocycles. The molecule has 4 nitrogen and oxygen atoms in total. The van der Waals surface area contributed by atoms with Crippen LogP contribution in [0.1, 0.15) is 47.0 Å². The maximum absolute atomic E-state index is 4.88. The topological polar surface area (TPSA) is 30.9 Å². The number of rotatable bonds is 5. The summed E-state index contributed by atoms with van der Waals surface area (Å²) >= 11 is 0. The van der Waals surface area contributed by atoms with E-state index in [1.54, 1.807) is 0 Å². The fourth-order valence-corrected chi connectivity index (χ4v) is 2.91. The highest BCUT2D eigenvalue weighted by atomic mass is 15.3. The molecule has 0 aromatic rings. The van der Waals surface area contributed by atoms with Crippen LogP contribution in [0.15, 0.2) is 4.99 Å². The second-order valence-corrected chi connectivity index (χ2v) is 7.28. The molecule has 1 saturated carbocycles. The number of aliphatic imine (C=N–C) groups is 1. The summed E-state index contributed by atoms with van der Waals surface area (Å²) in [6, 6.07) is 1.35. The Morgan fingerprint density at radius 3 is 2.65 bits per heavy atom. The van der Waals surface area contributed by atoms with Crippen LogP contribution >= 0.6 is 0 Å². The maximum atomic E-state index is 4.88. The normalized spacial score (nSPS) is 24.3. The SMILES string of the molecule is CCNC(=NCC(C)N(C)C1CC1)N1CCC(C)(C)C1. The van der Waals surface area contributed by atoms with Gasteiger partial charge in [0.2, 0.25) is 0 Å². The third-order valence-electron chi connectivity index (χ3n) is 4.64. The Hall–Kier alpha value is -0.770. The van der Waals surface area contributed by atoms with Crippen molar-refractivity contribution < 1.29 is 0 Å². The summed E-state index contributed by atoms with van der Waals surface area (Å²) < 4.78 is 0. The molecule has 1 N–H and O–H groups in total. The van der Waals surface area contributed by atoms with E-state index in [4.69, 9.17) is 4.99 Å². The van der Waals surface area contributed by atoms with Crippen molar-refractivity contribution in [1.29, 1.82) is 0 Å². The molecule has 0 spiro atoms. The largest absolute Gasteiger partial charge is 0.357 e. The van der Waals surface area contributed by atoms with E-state index >= 15 is 0 Å². The fraction of sp³-hybridized carbons (Fsp3) is 0.938. The van der Waals surface area contributed by atoms with E-state index in [1.165, 1.54) is 19.3 Å². The van der Waals surface area contributed by atoms with Crippen molar-refractivity contribution in [1.82, 2.24) is 15.1 Å². The van der Waals surface area contributed by atoms with Crippen LogP contribution in [-0.2, 0) is 0 Å². The first-order chi connectivity index (χ1) is 9.43. The lowest BCUT2D eigenvalue weighted by Gasteiger charge is -2.26. The number of nitrogens with zero attached hydrogens (tertiary/aromatic N) is 3. The van der Waals surface area contributed by atoms with Crippen molar-refractivity contribution in [2.45, 2.75) is 59.0 Å². The molecular formula is C16H32N4. The number of likely N-dealkylation sites (tertiary alicyclic amines) is 1. The third kappa shape index (κ3) is 4.11. The Bertz CT molecular complexity index is 346. The van der Waals surface area contributed by atoms with E-state index in [2.05, 4.69) is 49.9 Å². The van der Waals surface area contributed by atoms with E-state index in [0.29, 0.717) is 11.5 Å². The van der Waals surface area contributed by atoms with Crippen LogP contribution in [0.25, 0.3) is 0 Å². The number of likely N-dealkylation sites (N-methyl/N-ethyl adjacent to an activating group) is 1. The average Bonchev–Trinajstić information content (AvgIpc) is 3.17. The third-order valence-corrected chi connectivity index (χ3v) is 4.64. The van der Waals surface area contributed by atoms with Crippen molar-refractivity contribution in [3.05, 3.63) is 0 Å². The predicted molar refractivity (Wildman–Crippen MR) is 86.2 cm³/mol. The number of hydrogen-bond donors (Lipinski definition) is 1. The monoisotopic (exact) mass is 280 g/mol. The molecule has 2 aliphatic rings. The van der Waals surface area contributed by atoms with Crippen molar-refractivity contribution in [2.75, 3.05) is 33.2 Å². The zero-order valence-electron chi connectivity index (χ0n) is 13.9. The first-order valence-electron chi connectivity index (χ1n) is 8.18. The van der Waals surface area contributed by atoms with Crippen LogP contribution in [0.3, 0.4) is 0 Å². The molecule has 0 amide bonds. The lowest BCUT2D eigenvalue weighted by atomic mass is 9.93. The van der Waals surface area contributed by atoms with Crippen LogP contribution in [-0.4, -0.2) is 61.1 Å². The van der Waals surface area contributed by atoms with Gasteiger partial charge in [-0.3, -0.25) is 9.89 Å². The highest BCUT2D eigenvalue weighted by Gasteiger charge is 2.31. The molecule has 20 heavy (non-hydrogen) atoms. The Kier molecular flexibility index (Phi) is 4.95. The van der Waals surface area contributed by atoms with Crippen molar-refractivity contribution in [3.63, 3.8) is 0 Å². The van der Waals surface area contributed by atoms with Crippen molar-refractivity contribution in [2.24, 2.45) is 10.4 Å². The lowest BCUT2D eigenvalue weighted by molar-refractivity contribution is 0.252. The van der Waals surface area contributed by atoms with Gasteiger partial charge in [-0.1, -0.05) is 13.8 Å². The molecule has 2 rings (SSSR count). The summed E-state index contributed by atoms with van der Waals surface area (Å²) in [5.74, 6) is 1.11. The molecule has 0 aromatic carbocycles. The smallest absolute Gasteiger partial charge is 0.193 e. The molecule has 4 heteroatoms. The number of hydrogen-bond acceptors (Lipinski definition) is 2. The van der Waals surface area contributed by atoms with E-state index in [1.807, 2.05) is 0 Å². The number of guanidine groups is 1. The first-order valence-corrected chi connectivity index (χ1v) is 8.18. The second-order valence-electron chi connectivity index (χ2n) is 7.28. The number of nitrogens with one attached hydrogen (secondary N) is 1. The highest BCUT2D eigenvalue weighted by molar-refractivity contribution is 5.80. The van der Waals surface area contributed by atoms with E-state index < -0.39 is 0 Å². The molecule has 1 saturated heterocycles. The zero-order valence-corrected chi connectivity index (χ0v) is 13.9. The van der Waals surface area contributed by atoms with Gasteiger partial charge in [0.05, 0.1) is 6.54 Å². The van der Waals surface area contributed by atoms with Gasteiger partial charge < -0.3 is 10.2 Å². The van der Waals surface area contributed by atoms with Crippen LogP contribution in [0, 0.1) is 5.41 Å². The van der Waals surface area contributed by atoms with Crippen molar-refractivity contribution >= 4 is 5.96 Å². The summed E-state index contributed by atoms with van der Waals surface area (Å²) in [5.41, 5.74) is 0.423. The first kappa shape index (κ1) is 15.6. The Balaban J connectivity index is 1.91. The molecule has 1 atom stereocenters. The minimum atomic E-state index is 0.423. The minimum absolute atomic E-state index is 0.423. The minimum Gasteiger partial charge on any atom is -0.357 e. The molecule has 1 unspecified atom stereocenters. The molecule has 0 bridgehead atoms. The van der Waals surface area contributed by atoms with Gasteiger partial charge in [0, 0.05) is 31.7 Å². The van der Waals surface area contributed by atoms with Crippen molar-refractivity contribution in [3.8, 4) is 0 Å². The molecular weight excluding hydrogens is 248 g/mol. The van der Waals surface area contributed by atoms with Gasteiger partial charge in [0.25, 0.3) is 0 Å². The van der Waals surface area contributed by atoms with E-state index in [-0.39, 0.29) is 0 Å². The zero-order chi connectivity index (χ0) is 14.8. The Labute approximate surface area is 124 Å². The highest BCUT2D eigenvalue weighted by Crippen LogP contribution is 2.29. The van der Waals surface area contributed by atoms with Gasteiger partial charge in [-0.15, -0.1) is 0 Å². The molecule has 1 heterocycles. The van der Waals surface area contributed by atoms with Gasteiger partial charge in [-0.05, 0) is 45.6 Å². The summed E-state index contributed by atoms with van der Waals surface area (Å²) in [6.07, 6.45) is 3.99. The van der Waals surface area contributed by atoms with Crippen LogP contribution < -0.4 is 5.32 Å². The molecule has 116 valence electrons. The summed E-state index contributed by atoms with van der Waals surface area (Å²) in [5, 5.41) is 3.46. The van der Waals surface area contributed by atoms with E-state index in [9.17, 15) is 0 Å². The van der Waals surface area contributed by atoms with Crippen LogP contribution in [0.5, 0.6) is 0 Å². The second kappa shape index (κ2) is 6.33. The predicted octanol–water partition coefficient (Wildman–Crippen LogP) is 2.17. The van der Waals surface area contributed by atoms with Crippen LogP contribution in [0.2, 0.25) is 0 Å². The molecule has 0 radical (unpaired) electrons. The summed E-state index contributed by atoms with van der Waals surface area (Å²) in [7, 11) is 2.24. The van der Waals surface area contributed by atoms with Gasteiger partial charge >= 0.3 is 0 Å². The standard InChI is InChI=1S/C16H32N4/c1-6-17-15(20-10-9-16(3,4)12-20)18-11-13(2)19(5)14-7-8-14/h13-14H,6-12H2,1-5H3,(H,17,18). The van der Waals surface area contributed by atoms with Gasteiger partial charge in [-0.25, -0.2) is 0 Å². The van der Waals surface area contributed by atoms with E-state index in [0.717, 1.165) is 38.2 Å². The lowest BCUT2D eigenvalue weighted by Crippen LogP contribution is -2.42. The summed E-state index contributed by atoms with van der Waals surface area (Å²) in [4.78, 5) is 9.79. The quantitative estimate of drug-likeness (QED) is 0.618.